The molecule has 0 bridgehead atoms. The van der Waals surface area contributed by atoms with Crippen molar-refractivity contribution in [3.05, 3.63) is 29.5 Å². The molecule has 86 valence electrons. The van der Waals surface area contributed by atoms with Crippen molar-refractivity contribution in [2.24, 2.45) is 0 Å². The van der Waals surface area contributed by atoms with E-state index in [9.17, 15) is 0 Å². The van der Waals surface area contributed by atoms with E-state index in [2.05, 4.69) is 22.1 Å². The Morgan fingerprint density at radius 1 is 1.18 bits per heavy atom. The highest BCUT2D eigenvalue weighted by molar-refractivity contribution is 7.26. The Labute approximate surface area is 108 Å². The quantitative estimate of drug-likeness (QED) is 0.629. The number of thiophene rings is 1. The average Bonchev–Trinajstić information content (AvgIpc) is 2.66. The molecule has 3 aromatic rings. The molecule has 0 spiro atoms. The lowest BCUT2D eigenvalue weighted by Crippen LogP contribution is -2.11. The van der Waals surface area contributed by atoms with Crippen LogP contribution < -0.4 is 4.90 Å². The average molecular weight is 264 g/mol. The molecule has 0 saturated heterocycles. The number of rotatable bonds is 1. The molecule has 0 aliphatic heterocycles. The van der Waals surface area contributed by atoms with Gasteiger partial charge in [0.15, 0.2) is 5.82 Å². The Kier molecular flexibility index (Phi) is 2.42. The van der Waals surface area contributed by atoms with Crippen molar-refractivity contribution in [2.45, 2.75) is 0 Å². The standard InChI is InChI=1S/C12H10ClN3S/c1-16(2)11-10-9(14-12(13)15-11)7-5-3-4-6-8(7)17-10/h3-6H,1-2H3. The van der Waals surface area contributed by atoms with Gasteiger partial charge < -0.3 is 4.90 Å². The van der Waals surface area contributed by atoms with Gasteiger partial charge in [0.05, 0.1) is 10.2 Å². The highest BCUT2D eigenvalue weighted by Crippen LogP contribution is 2.37. The van der Waals surface area contributed by atoms with Crippen molar-refractivity contribution in [3.8, 4) is 0 Å². The number of nitrogens with zero attached hydrogens (tertiary/aromatic N) is 3. The molecule has 0 N–H and O–H groups in total. The van der Waals surface area contributed by atoms with E-state index < -0.39 is 0 Å². The number of aromatic nitrogens is 2. The van der Waals surface area contributed by atoms with Crippen LogP contribution in [-0.2, 0) is 0 Å². The zero-order chi connectivity index (χ0) is 12.0. The van der Waals surface area contributed by atoms with Crippen LogP contribution in [0.3, 0.4) is 0 Å². The fourth-order valence-corrected chi connectivity index (χ4v) is 3.23. The van der Waals surface area contributed by atoms with Crippen LogP contribution in [0.2, 0.25) is 5.28 Å². The Morgan fingerprint density at radius 3 is 2.71 bits per heavy atom. The summed E-state index contributed by atoms with van der Waals surface area (Å²) in [6, 6.07) is 8.20. The van der Waals surface area contributed by atoms with Crippen LogP contribution in [0.25, 0.3) is 20.3 Å². The molecule has 3 nitrogen and oxygen atoms in total. The first-order valence-electron chi connectivity index (χ1n) is 5.19. The van der Waals surface area contributed by atoms with E-state index in [4.69, 9.17) is 11.6 Å². The maximum absolute atomic E-state index is 5.98. The van der Waals surface area contributed by atoms with Gasteiger partial charge in [0.25, 0.3) is 0 Å². The summed E-state index contributed by atoms with van der Waals surface area (Å²) in [5.74, 6) is 0.876. The summed E-state index contributed by atoms with van der Waals surface area (Å²) in [6.07, 6.45) is 0. The normalized spacial score (nSPS) is 11.2. The lowest BCUT2D eigenvalue weighted by molar-refractivity contribution is 1.07. The van der Waals surface area contributed by atoms with Crippen LogP contribution in [0.4, 0.5) is 5.82 Å². The van der Waals surface area contributed by atoms with Crippen LogP contribution in [0.1, 0.15) is 0 Å². The summed E-state index contributed by atoms with van der Waals surface area (Å²) >= 11 is 7.68. The summed E-state index contributed by atoms with van der Waals surface area (Å²) in [4.78, 5) is 10.6. The number of hydrogen-bond acceptors (Lipinski definition) is 4. The van der Waals surface area contributed by atoms with E-state index in [1.165, 1.54) is 4.70 Å². The Bertz CT molecular complexity index is 705. The third kappa shape index (κ3) is 1.64. The topological polar surface area (TPSA) is 29.0 Å². The molecule has 0 saturated carbocycles. The van der Waals surface area contributed by atoms with Crippen LogP contribution in [-0.4, -0.2) is 24.1 Å². The summed E-state index contributed by atoms with van der Waals surface area (Å²) in [7, 11) is 3.92. The highest BCUT2D eigenvalue weighted by atomic mass is 35.5. The van der Waals surface area contributed by atoms with Gasteiger partial charge in [-0.1, -0.05) is 18.2 Å². The number of benzene rings is 1. The van der Waals surface area contributed by atoms with Crippen LogP contribution in [0, 0.1) is 0 Å². The van der Waals surface area contributed by atoms with Gasteiger partial charge in [-0.05, 0) is 17.7 Å². The van der Waals surface area contributed by atoms with E-state index in [1.807, 2.05) is 31.1 Å². The minimum Gasteiger partial charge on any atom is -0.361 e. The fraction of sp³-hybridized carbons (Fsp3) is 0.167. The summed E-state index contributed by atoms with van der Waals surface area (Å²) in [6.45, 7) is 0. The van der Waals surface area contributed by atoms with Crippen molar-refractivity contribution < 1.29 is 0 Å². The van der Waals surface area contributed by atoms with Crippen molar-refractivity contribution in [3.63, 3.8) is 0 Å². The molecule has 0 unspecified atom stereocenters. The molecular weight excluding hydrogens is 254 g/mol. The molecular formula is C12H10ClN3S. The van der Waals surface area contributed by atoms with Crippen LogP contribution in [0.15, 0.2) is 24.3 Å². The second-order valence-corrected chi connectivity index (χ2v) is 5.38. The Hall–Kier alpha value is -1.39. The van der Waals surface area contributed by atoms with E-state index in [0.717, 1.165) is 21.4 Å². The smallest absolute Gasteiger partial charge is 0.224 e. The number of halogens is 1. The monoisotopic (exact) mass is 263 g/mol. The molecule has 2 aromatic heterocycles. The first-order valence-corrected chi connectivity index (χ1v) is 6.38. The molecule has 0 amide bonds. The zero-order valence-electron chi connectivity index (χ0n) is 9.44. The predicted octanol–water partition coefficient (Wildman–Crippen LogP) is 3.56. The molecule has 0 fully saturated rings. The maximum Gasteiger partial charge on any atom is 0.224 e. The van der Waals surface area contributed by atoms with Crippen molar-refractivity contribution >= 4 is 49.1 Å². The summed E-state index contributed by atoms with van der Waals surface area (Å²) in [5, 5.41) is 1.43. The van der Waals surface area contributed by atoms with Crippen LogP contribution in [0.5, 0.6) is 0 Å². The first-order chi connectivity index (χ1) is 8.16. The zero-order valence-corrected chi connectivity index (χ0v) is 11.0. The van der Waals surface area contributed by atoms with E-state index >= 15 is 0 Å². The molecule has 1 aromatic carbocycles. The van der Waals surface area contributed by atoms with Gasteiger partial charge in [0.2, 0.25) is 5.28 Å². The van der Waals surface area contributed by atoms with Gasteiger partial charge in [-0.15, -0.1) is 11.3 Å². The SMILES string of the molecule is CN(C)c1nc(Cl)nc2c1sc1ccccc12. The third-order valence-corrected chi connectivity index (χ3v) is 3.92. The molecule has 0 atom stereocenters. The number of hydrogen-bond donors (Lipinski definition) is 0. The highest BCUT2D eigenvalue weighted by Gasteiger charge is 2.13. The lowest BCUT2D eigenvalue weighted by atomic mass is 10.2. The largest absolute Gasteiger partial charge is 0.361 e. The van der Waals surface area contributed by atoms with Gasteiger partial charge >= 0.3 is 0 Å². The minimum absolute atomic E-state index is 0.296. The van der Waals surface area contributed by atoms with E-state index in [0.29, 0.717) is 5.28 Å². The summed E-state index contributed by atoms with van der Waals surface area (Å²) in [5.41, 5.74) is 0.939. The summed E-state index contributed by atoms with van der Waals surface area (Å²) < 4.78 is 2.29. The second kappa shape index (κ2) is 3.82. The molecule has 0 aliphatic carbocycles. The molecule has 5 heteroatoms. The van der Waals surface area contributed by atoms with Gasteiger partial charge in [-0.25, -0.2) is 4.98 Å². The lowest BCUT2D eigenvalue weighted by Gasteiger charge is -2.11. The van der Waals surface area contributed by atoms with Crippen molar-refractivity contribution in [1.82, 2.24) is 9.97 Å². The minimum atomic E-state index is 0.296. The number of anilines is 1. The van der Waals surface area contributed by atoms with Crippen molar-refractivity contribution in [1.29, 1.82) is 0 Å². The maximum atomic E-state index is 5.98. The Morgan fingerprint density at radius 2 is 1.94 bits per heavy atom. The van der Waals surface area contributed by atoms with E-state index in [-0.39, 0.29) is 0 Å². The predicted molar refractivity (Wildman–Crippen MR) is 74.3 cm³/mol. The van der Waals surface area contributed by atoms with Crippen molar-refractivity contribution in [2.75, 3.05) is 19.0 Å². The van der Waals surface area contributed by atoms with Crippen LogP contribution >= 0.6 is 22.9 Å². The fourth-order valence-electron chi connectivity index (χ4n) is 1.85. The molecule has 0 radical (unpaired) electrons. The van der Waals surface area contributed by atoms with Gasteiger partial charge in [0, 0.05) is 24.2 Å². The number of fused-ring (bicyclic) bond motifs is 3. The third-order valence-electron chi connectivity index (χ3n) is 2.60. The van der Waals surface area contributed by atoms with Gasteiger partial charge in [-0.2, -0.15) is 4.98 Å². The van der Waals surface area contributed by atoms with E-state index in [1.54, 1.807) is 11.3 Å². The van der Waals surface area contributed by atoms with Gasteiger partial charge in [0.1, 0.15) is 0 Å². The molecule has 2 heterocycles. The first kappa shape index (κ1) is 10.7. The molecule has 3 rings (SSSR count). The Balaban J connectivity index is 2.51. The molecule has 0 aliphatic rings. The molecule has 17 heavy (non-hydrogen) atoms. The van der Waals surface area contributed by atoms with Gasteiger partial charge in [-0.3, -0.25) is 0 Å². The second-order valence-electron chi connectivity index (χ2n) is 3.99.